The highest BCUT2D eigenvalue weighted by Gasteiger charge is 2.20. The fraction of sp³-hybridized carbons (Fsp3) is 0.750. The number of aromatic nitrogens is 2. The summed E-state index contributed by atoms with van der Waals surface area (Å²) < 4.78 is 0. The summed E-state index contributed by atoms with van der Waals surface area (Å²) >= 11 is 0. The van der Waals surface area contributed by atoms with Crippen LogP contribution < -0.4 is 10.2 Å². The number of hydrogen-bond donors (Lipinski definition) is 2. The normalized spacial score (nSPS) is 11.8. The van der Waals surface area contributed by atoms with Gasteiger partial charge in [-0.1, -0.05) is 20.8 Å². The number of rotatable bonds is 8. The number of nitrogens with one attached hydrogen (secondary N) is 1. The van der Waals surface area contributed by atoms with Crippen LogP contribution in [0.2, 0.25) is 0 Å². The van der Waals surface area contributed by atoms with E-state index in [2.05, 4.69) is 47.9 Å². The van der Waals surface area contributed by atoms with Gasteiger partial charge in [0.05, 0.1) is 5.60 Å². The fourth-order valence-electron chi connectivity index (χ4n) is 2.04. The zero-order valence-electron chi connectivity index (χ0n) is 14.3. The highest BCUT2D eigenvalue weighted by Crippen LogP contribution is 2.21. The van der Waals surface area contributed by atoms with Crippen molar-refractivity contribution in [2.45, 2.75) is 59.5 Å². The topological polar surface area (TPSA) is 61.3 Å². The van der Waals surface area contributed by atoms with E-state index >= 15 is 0 Å². The van der Waals surface area contributed by atoms with Gasteiger partial charge in [0.15, 0.2) is 0 Å². The van der Waals surface area contributed by atoms with E-state index in [0.717, 1.165) is 37.0 Å². The van der Waals surface area contributed by atoms with Crippen LogP contribution in [0.25, 0.3) is 0 Å². The minimum Gasteiger partial charge on any atom is -0.389 e. The number of anilines is 2. The lowest BCUT2D eigenvalue weighted by Crippen LogP contribution is -2.39. The van der Waals surface area contributed by atoms with Crippen LogP contribution in [0.3, 0.4) is 0 Å². The maximum Gasteiger partial charge on any atom is 0.135 e. The predicted molar refractivity (Wildman–Crippen MR) is 89.1 cm³/mol. The van der Waals surface area contributed by atoms with E-state index in [1.807, 2.05) is 19.9 Å². The third-order valence-corrected chi connectivity index (χ3v) is 3.09. The molecule has 0 aliphatic carbocycles. The first kappa shape index (κ1) is 17.7. The minimum atomic E-state index is -0.754. The molecule has 1 aromatic rings. The van der Waals surface area contributed by atoms with Crippen molar-refractivity contribution in [3.05, 3.63) is 11.9 Å². The molecule has 1 aromatic heterocycles. The largest absolute Gasteiger partial charge is 0.389 e. The molecule has 0 radical (unpaired) electrons. The van der Waals surface area contributed by atoms with Crippen molar-refractivity contribution in [3.8, 4) is 0 Å². The SMILES string of the molecule is CCCNc1cc(N(CC)CC(C)(C)O)nc(C(C)C)n1. The average molecular weight is 294 g/mol. The summed E-state index contributed by atoms with van der Waals surface area (Å²) in [5.74, 6) is 2.84. The fourth-order valence-corrected chi connectivity index (χ4v) is 2.04. The van der Waals surface area contributed by atoms with Crippen molar-refractivity contribution in [1.82, 2.24) is 9.97 Å². The Balaban J connectivity index is 3.10. The zero-order chi connectivity index (χ0) is 16.0. The summed E-state index contributed by atoms with van der Waals surface area (Å²) in [6, 6.07) is 1.97. The molecule has 0 saturated heterocycles. The quantitative estimate of drug-likeness (QED) is 0.771. The van der Waals surface area contributed by atoms with Gasteiger partial charge in [-0.15, -0.1) is 0 Å². The van der Waals surface area contributed by atoms with E-state index in [9.17, 15) is 5.11 Å². The maximum atomic E-state index is 10.1. The Hall–Kier alpha value is -1.36. The Morgan fingerprint density at radius 1 is 1.29 bits per heavy atom. The molecule has 0 bridgehead atoms. The molecule has 0 spiro atoms. The van der Waals surface area contributed by atoms with Crippen LogP contribution in [0.4, 0.5) is 11.6 Å². The molecule has 120 valence electrons. The molecular weight excluding hydrogens is 264 g/mol. The molecule has 0 amide bonds. The van der Waals surface area contributed by atoms with Gasteiger partial charge in [-0.05, 0) is 27.2 Å². The molecule has 2 N–H and O–H groups in total. The van der Waals surface area contributed by atoms with E-state index in [4.69, 9.17) is 0 Å². The average Bonchev–Trinajstić information content (AvgIpc) is 2.41. The van der Waals surface area contributed by atoms with Crippen molar-refractivity contribution in [3.63, 3.8) is 0 Å². The number of aliphatic hydroxyl groups is 1. The molecule has 0 atom stereocenters. The first-order valence-corrected chi connectivity index (χ1v) is 7.87. The highest BCUT2D eigenvalue weighted by atomic mass is 16.3. The minimum absolute atomic E-state index is 0.271. The Kier molecular flexibility index (Phi) is 6.40. The zero-order valence-corrected chi connectivity index (χ0v) is 14.3. The van der Waals surface area contributed by atoms with Crippen LogP contribution in [-0.2, 0) is 0 Å². The summed E-state index contributed by atoms with van der Waals surface area (Å²) in [5.41, 5.74) is -0.754. The Morgan fingerprint density at radius 2 is 1.95 bits per heavy atom. The number of likely N-dealkylation sites (N-methyl/N-ethyl adjacent to an activating group) is 1. The third-order valence-electron chi connectivity index (χ3n) is 3.09. The van der Waals surface area contributed by atoms with Gasteiger partial charge in [-0.3, -0.25) is 0 Å². The lowest BCUT2D eigenvalue weighted by atomic mass is 10.1. The van der Waals surface area contributed by atoms with Crippen molar-refractivity contribution in [1.29, 1.82) is 0 Å². The summed E-state index contributed by atoms with van der Waals surface area (Å²) in [6.45, 7) is 14.3. The second kappa shape index (κ2) is 7.59. The van der Waals surface area contributed by atoms with Crippen molar-refractivity contribution in [2.24, 2.45) is 0 Å². The smallest absolute Gasteiger partial charge is 0.135 e. The van der Waals surface area contributed by atoms with Crippen LogP contribution >= 0.6 is 0 Å². The second-order valence-corrected chi connectivity index (χ2v) is 6.38. The van der Waals surface area contributed by atoms with Crippen molar-refractivity contribution >= 4 is 11.6 Å². The third kappa shape index (κ3) is 5.87. The molecule has 0 aliphatic heterocycles. The van der Waals surface area contributed by atoms with Gasteiger partial charge >= 0.3 is 0 Å². The van der Waals surface area contributed by atoms with Gasteiger partial charge < -0.3 is 15.3 Å². The van der Waals surface area contributed by atoms with E-state index in [-0.39, 0.29) is 5.92 Å². The molecule has 21 heavy (non-hydrogen) atoms. The molecule has 0 aromatic carbocycles. The van der Waals surface area contributed by atoms with Crippen LogP contribution in [0.15, 0.2) is 6.07 Å². The first-order chi connectivity index (χ1) is 9.76. The summed E-state index contributed by atoms with van der Waals surface area (Å²) in [5, 5.41) is 13.4. The van der Waals surface area contributed by atoms with Gasteiger partial charge in [-0.2, -0.15) is 0 Å². The standard InChI is InChI=1S/C16H30N4O/c1-7-9-17-13-10-14(19-15(18-13)12(3)4)20(8-2)11-16(5,6)21/h10,12,21H,7-9,11H2,1-6H3,(H,17,18,19). The van der Waals surface area contributed by atoms with Crippen molar-refractivity contribution in [2.75, 3.05) is 29.9 Å². The van der Waals surface area contributed by atoms with Crippen LogP contribution in [-0.4, -0.2) is 40.3 Å². The maximum absolute atomic E-state index is 10.1. The van der Waals surface area contributed by atoms with Crippen LogP contribution in [0.5, 0.6) is 0 Å². The van der Waals surface area contributed by atoms with Gasteiger partial charge in [0.2, 0.25) is 0 Å². The number of nitrogens with zero attached hydrogens (tertiary/aromatic N) is 3. The van der Waals surface area contributed by atoms with Gasteiger partial charge in [-0.25, -0.2) is 9.97 Å². The highest BCUT2D eigenvalue weighted by molar-refractivity contribution is 5.50. The molecule has 5 nitrogen and oxygen atoms in total. The summed E-state index contributed by atoms with van der Waals surface area (Å²) in [7, 11) is 0. The first-order valence-electron chi connectivity index (χ1n) is 7.87. The second-order valence-electron chi connectivity index (χ2n) is 6.38. The summed E-state index contributed by atoms with van der Waals surface area (Å²) in [6.07, 6.45) is 1.05. The van der Waals surface area contributed by atoms with E-state index in [1.54, 1.807) is 0 Å². The lowest BCUT2D eigenvalue weighted by molar-refractivity contribution is 0.0874. The van der Waals surface area contributed by atoms with Crippen LogP contribution in [0.1, 0.15) is 59.7 Å². The Labute approximate surface area is 128 Å². The Bertz CT molecular complexity index is 440. The molecule has 1 heterocycles. The van der Waals surface area contributed by atoms with Gasteiger partial charge in [0.1, 0.15) is 17.5 Å². The van der Waals surface area contributed by atoms with Crippen LogP contribution in [0, 0.1) is 0 Å². The van der Waals surface area contributed by atoms with Crippen molar-refractivity contribution < 1.29 is 5.11 Å². The molecule has 0 aliphatic rings. The van der Waals surface area contributed by atoms with E-state index in [1.165, 1.54) is 0 Å². The van der Waals surface area contributed by atoms with E-state index < -0.39 is 5.60 Å². The predicted octanol–water partition coefficient (Wildman–Crippen LogP) is 3.02. The summed E-state index contributed by atoms with van der Waals surface area (Å²) in [4.78, 5) is 11.3. The molecule has 0 saturated carbocycles. The number of hydrogen-bond acceptors (Lipinski definition) is 5. The van der Waals surface area contributed by atoms with Gasteiger partial charge in [0, 0.05) is 31.6 Å². The molecule has 5 heteroatoms. The van der Waals surface area contributed by atoms with E-state index in [0.29, 0.717) is 6.54 Å². The molecule has 0 fully saturated rings. The molecular formula is C16H30N4O. The lowest BCUT2D eigenvalue weighted by Gasteiger charge is -2.29. The van der Waals surface area contributed by atoms with Gasteiger partial charge in [0.25, 0.3) is 0 Å². The molecule has 0 unspecified atom stereocenters. The monoisotopic (exact) mass is 294 g/mol. The Morgan fingerprint density at radius 3 is 2.43 bits per heavy atom. The molecule has 1 rings (SSSR count).